The van der Waals surface area contributed by atoms with Crippen LogP contribution < -0.4 is 0 Å². The fourth-order valence-corrected chi connectivity index (χ4v) is 0.253. The molecular weight excluding hydrogens is 117 g/mol. The van der Waals surface area contributed by atoms with Crippen molar-refractivity contribution in [3.05, 3.63) is 24.2 Å². The highest BCUT2D eigenvalue weighted by atomic mass is 19.1. The van der Waals surface area contributed by atoms with Gasteiger partial charge in [-0.25, -0.2) is 4.39 Å². The predicted octanol–water partition coefficient (Wildman–Crippen LogP) is 2.46. The summed E-state index contributed by atoms with van der Waals surface area (Å²) in [5.74, 6) is -0.256. The number of hydrogen-bond donors (Lipinski definition) is 0. The first-order chi connectivity index (χ1) is 4.18. The molecule has 9 heavy (non-hydrogen) atoms. The molecule has 50 valence electrons. The van der Waals surface area contributed by atoms with Gasteiger partial charge >= 0.3 is 0 Å². The fourth-order valence-electron chi connectivity index (χ4n) is 0.253. The van der Waals surface area contributed by atoms with Crippen molar-refractivity contribution in [2.45, 2.75) is 13.8 Å². The van der Waals surface area contributed by atoms with E-state index in [0.717, 1.165) is 0 Å². The third-order valence-corrected chi connectivity index (χ3v) is 0.872. The molecule has 0 aromatic heterocycles. The first kappa shape index (κ1) is 8.08. The zero-order valence-electron chi connectivity index (χ0n) is 5.69. The van der Waals surface area contributed by atoms with Crippen molar-refractivity contribution >= 4 is 6.21 Å². The summed E-state index contributed by atoms with van der Waals surface area (Å²) in [6, 6.07) is 0. The van der Waals surface area contributed by atoms with Gasteiger partial charge in [0.1, 0.15) is 5.83 Å². The van der Waals surface area contributed by atoms with E-state index < -0.39 is 0 Å². The molecule has 0 aromatic rings. The molecule has 0 unspecified atom stereocenters. The van der Waals surface area contributed by atoms with Gasteiger partial charge in [0.25, 0.3) is 0 Å². The molecule has 0 aromatic carbocycles. The van der Waals surface area contributed by atoms with Crippen molar-refractivity contribution in [2.24, 2.45) is 4.99 Å². The lowest BCUT2D eigenvalue weighted by atomic mass is 10.4. The Morgan fingerprint density at radius 3 is 2.44 bits per heavy atom. The monoisotopic (exact) mass is 127 g/mol. The number of halogens is 1. The highest BCUT2D eigenvalue weighted by molar-refractivity contribution is 5.71. The highest BCUT2D eigenvalue weighted by Crippen LogP contribution is 2.03. The maximum atomic E-state index is 12.1. The molecular formula is C7H10FN. The Morgan fingerprint density at radius 1 is 1.56 bits per heavy atom. The second kappa shape index (κ2) is 4.01. The van der Waals surface area contributed by atoms with Gasteiger partial charge in [0.15, 0.2) is 0 Å². The molecule has 0 rings (SSSR count). The van der Waals surface area contributed by atoms with Crippen LogP contribution in [0.4, 0.5) is 4.39 Å². The number of aliphatic imine (C=N–C) groups is 1. The number of nitrogens with zero attached hydrogens (tertiary/aromatic N) is 1. The quantitative estimate of drug-likeness (QED) is 0.505. The highest BCUT2D eigenvalue weighted by Gasteiger charge is 1.87. The van der Waals surface area contributed by atoms with Crippen LogP contribution in [-0.2, 0) is 0 Å². The van der Waals surface area contributed by atoms with E-state index in [-0.39, 0.29) is 5.83 Å². The number of allylic oxidation sites excluding steroid dienone is 3. The Balaban J connectivity index is 4.06. The van der Waals surface area contributed by atoms with Gasteiger partial charge < -0.3 is 0 Å². The van der Waals surface area contributed by atoms with E-state index in [1.54, 1.807) is 6.92 Å². The Morgan fingerprint density at radius 2 is 2.11 bits per heavy atom. The van der Waals surface area contributed by atoms with Crippen molar-refractivity contribution in [3.63, 3.8) is 0 Å². The van der Waals surface area contributed by atoms with Crippen molar-refractivity contribution in [2.75, 3.05) is 0 Å². The summed E-state index contributed by atoms with van der Waals surface area (Å²) >= 11 is 0. The standard InChI is InChI=1S/C7H10FN/c1-4-5-9-7(3)6(2)8/h4-5H,1H2,2-3H3/b7-6+,9-5?. The summed E-state index contributed by atoms with van der Waals surface area (Å²) in [5, 5.41) is 0. The smallest absolute Gasteiger partial charge is 0.118 e. The summed E-state index contributed by atoms with van der Waals surface area (Å²) in [7, 11) is 0. The Kier molecular flexibility index (Phi) is 3.60. The topological polar surface area (TPSA) is 12.4 Å². The lowest BCUT2D eigenvalue weighted by Gasteiger charge is -1.87. The lowest BCUT2D eigenvalue weighted by Crippen LogP contribution is -1.72. The van der Waals surface area contributed by atoms with E-state index >= 15 is 0 Å². The minimum atomic E-state index is -0.256. The van der Waals surface area contributed by atoms with Crippen LogP contribution in [0.15, 0.2) is 29.2 Å². The van der Waals surface area contributed by atoms with Gasteiger partial charge in [-0.2, -0.15) is 0 Å². The molecule has 0 bridgehead atoms. The second-order valence-corrected chi connectivity index (χ2v) is 1.63. The zero-order chi connectivity index (χ0) is 7.28. The molecule has 0 atom stereocenters. The van der Waals surface area contributed by atoms with Crippen LogP contribution in [0.25, 0.3) is 0 Å². The van der Waals surface area contributed by atoms with Crippen molar-refractivity contribution < 1.29 is 4.39 Å². The largest absolute Gasteiger partial charge is 0.259 e. The average molecular weight is 127 g/mol. The van der Waals surface area contributed by atoms with Crippen LogP contribution in [0.3, 0.4) is 0 Å². The van der Waals surface area contributed by atoms with Crippen LogP contribution in [-0.4, -0.2) is 6.21 Å². The molecule has 0 spiro atoms. The summed E-state index contributed by atoms with van der Waals surface area (Å²) in [6.45, 7) is 6.37. The molecule has 1 nitrogen and oxygen atoms in total. The van der Waals surface area contributed by atoms with Gasteiger partial charge in [0, 0.05) is 6.21 Å². The fraction of sp³-hybridized carbons (Fsp3) is 0.286. The molecule has 0 heterocycles. The van der Waals surface area contributed by atoms with Crippen molar-refractivity contribution in [3.8, 4) is 0 Å². The van der Waals surface area contributed by atoms with E-state index in [2.05, 4.69) is 11.6 Å². The average Bonchev–Trinajstić information content (AvgIpc) is 1.82. The normalized spacial score (nSPS) is 13.7. The molecule has 0 N–H and O–H groups in total. The maximum Gasteiger partial charge on any atom is 0.118 e. The third-order valence-electron chi connectivity index (χ3n) is 0.872. The van der Waals surface area contributed by atoms with Gasteiger partial charge in [-0.05, 0) is 13.8 Å². The van der Waals surface area contributed by atoms with Crippen LogP contribution in [0.1, 0.15) is 13.8 Å². The first-order valence-electron chi connectivity index (χ1n) is 2.66. The SMILES string of the molecule is C=CC=N/C(C)=C(\C)F. The van der Waals surface area contributed by atoms with Crippen LogP contribution in [0.2, 0.25) is 0 Å². The molecule has 2 heteroatoms. The second-order valence-electron chi connectivity index (χ2n) is 1.63. The molecule has 0 aliphatic heterocycles. The first-order valence-corrected chi connectivity index (χ1v) is 2.66. The van der Waals surface area contributed by atoms with Crippen LogP contribution in [0.5, 0.6) is 0 Å². The maximum absolute atomic E-state index is 12.1. The van der Waals surface area contributed by atoms with E-state index in [9.17, 15) is 4.39 Å². The summed E-state index contributed by atoms with van der Waals surface area (Å²) < 4.78 is 12.1. The molecule has 0 amide bonds. The van der Waals surface area contributed by atoms with E-state index in [1.807, 2.05) is 0 Å². The summed E-state index contributed by atoms with van der Waals surface area (Å²) in [6.07, 6.45) is 2.96. The molecule has 0 aliphatic rings. The molecule has 0 radical (unpaired) electrons. The van der Waals surface area contributed by atoms with Gasteiger partial charge in [-0.1, -0.05) is 12.7 Å². The van der Waals surface area contributed by atoms with Crippen molar-refractivity contribution in [1.29, 1.82) is 0 Å². The molecule has 0 saturated heterocycles. The summed E-state index contributed by atoms with van der Waals surface area (Å²) in [4.78, 5) is 3.70. The zero-order valence-corrected chi connectivity index (χ0v) is 5.69. The molecule has 0 saturated carbocycles. The number of hydrogen-bond acceptors (Lipinski definition) is 1. The van der Waals surface area contributed by atoms with Gasteiger partial charge in [0.2, 0.25) is 0 Å². The molecule has 0 fully saturated rings. The van der Waals surface area contributed by atoms with E-state index in [1.165, 1.54) is 19.2 Å². The van der Waals surface area contributed by atoms with Crippen LogP contribution in [0, 0.1) is 0 Å². The van der Waals surface area contributed by atoms with Crippen LogP contribution >= 0.6 is 0 Å². The predicted molar refractivity (Wildman–Crippen MR) is 38.2 cm³/mol. The Bertz CT molecular complexity index is 152. The Hall–Kier alpha value is -0.920. The number of rotatable bonds is 2. The molecule has 0 aliphatic carbocycles. The lowest BCUT2D eigenvalue weighted by molar-refractivity contribution is 0.626. The van der Waals surface area contributed by atoms with Crippen molar-refractivity contribution in [1.82, 2.24) is 0 Å². The third kappa shape index (κ3) is 3.64. The summed E-state index contributed by atoms with van der Waals surface area (Å²) in [5.41, 5.74) is 0.398. The van der Waals surface area contributed by atoms with Gasteiger partial charge in [0.05, 0.1) is 5.70 Å². The van der Waals surface area contributed by atoms with E-state index in [0.29, 0.717) is 5.70 Å². The Labute approximate surface area is 54.6 Å². The minimum Gasteiger partial charge on any atom is -0.259 e. The van der Waals surface area contributed by atoms with E-state index in [4.69, 9.17) is 0 Å². The minimum absolute atomic E-state index is 0.256. The van der Waals surface area contributed by atoms with Gasteiger partial charge in [-0.15, -0.1) is 0 Å². The van der Waals surface area contributed by atoms with Gasteiger partial charge in [-0.3, -0.25) is 4.99 Å².